The number of rotatable bonds is 2. The van der Waals surface area contributed by atoms with Gasteiger partial charge in [0.1, 0.15) is 5.75 Å². The summed E-state index contributed by atoms with van der Waals surface area (Å²) in [5.41, 5.74) is 0.314. The van der Waals surface area contributed by atoms with Crippen molar-refractivity contribution in [2.45, 2.75) is 6.29 Å². The lowest BCUT2D eigenvalue weighted by Crippen LogP contribution is -2.26. The Morgan fingerprint density at radius 1 is 1.56 bits per heavy atom. The fourth-order valence-corrected chi connectivity index (χ4v) is 1.50. The molecule has 0 bridgehead atoms. The van der Waals surface area contributed by atoms with Crippen LogP contribution in [0.25, 0.3) is 0 Å². The van der Waals surface area contributed by atoms with Crippen LogP contribution in [0.15, 0.2) is 30.9 Å². The molecule has 0 fully saturated rings. The molecule has 82 valence electrons. The fraction of sp³-hybridized carbons (Fsp3) is 0.0909. The van der Waals surface area contributed by atoms with Gasteiger partial charge < -0.3 is 9.47 Å². The molecule has 0 aromatic heterocycles. The number of esters is 1. The number of benzene rings is 1. The van der Waals surface area contributed by atoms with E-state index in [0.717, 1.165) is 6.08 Å². The zero-order chi connectivity index (χ0) is 11.7. The highest BCUT2D eigenvalue weighted by Crippen LogP contribution is 2.31. The SMILES string of the molecule is C=CC(=O)OC1Oc2ccc(Cl)cc2C1=O. The predicted molar refractivity (Wildman–Crippen MR) is 56.5 cm³/mol. The summed E-state index contributed by atoms with van der Waals surface area (Å²) in [6, 6.07) is 4.61. The molecule has 1 aliphatic rings. The van der Waals surface area contributed by atoms with E-state index in [9.17, 15) is 9.59 Å². The molecule has 1 heterocycles. The zero-order valence-electron chi connectivity index (χ0n) is 8.10. The van der Waals surface area contributed by atoms with Crippen molar-refractivity contribution in [1.82, 2.24) is 0 Å². The van der Waals surface area contributed by atoms with Gasteiger partial charge in [-0.3, -0.25) is 4.79 Å². The van der Waals surface area contributed by atoms with Crippen molar-refractivity contribution in [3.8, 4) is 5.75 Å². The highest BCUT2D eigenvalue weighted by atomic mass is 35.5. The minimum atomic E-state index is -1.24. The molecule has 2 rings (SSSR count). The molecule has 4 nitrogen and oxygen atoms in total. The molecule has 1 aromatic rings. The van der Waals surface area contributed by atoms with E-state index in [1.807, 2.05) is 0 Å². The summed E-state index contributed by atoms with van der Waals surface area (Å²) in [7, 11) is 0. The van der Waals surface area contributed by atoms with Gasteiger partial charge in [0.2, 0.25) is 5.78 Å². The van der Waals surface area contributed by atoms with Crippen LogP contribution in [-0.2, 0) is 9.53 Å². The van der Waals surface area contributed by atoms with Crippen LogP contribution in [-0.4, -0.2) is 18.0 Å². The largest absolute Gasteiger partial charge is 0.447 e. The molecule has 1 aromatic carbocycles. The molecule has 5 heteroatoms. The Morgan fingerprint density at radius 3 is 3.00 bits per heavy atom. The average molecular weight is 239 g/mol. The molecule has 0 N–H and O–H groups in total. The Balaban J connectivity index is 2.24. The lowest BCUT2D eigenvalue weighted by molar-refractivity contribution is -0.150. The molecule has 16 heavy (non-hydrogen) atoms. The van der Waals surface area contributed by atoms with Crippen molar-refractivity contribution < 1.29 is 19.1 Å². The maximum Gasteiger partial charge on any atom is 0.333 e. The van der Waals surface area contributed by atoms with E-state index in [0.29, 0.717) is 16.3 Å². The van der Waals surface area contributed by atoms with Crippen LogP contribution in [0, 0.1) is 0 Å². The lowest BCUT2D eigenvalue weighted by Gasteiger charge is -2.08. The van der Waals surface area contributed by atoms with Gasteiger partial charge >= 0.3 is 12.3 Å². The third-order valence-corrected chi connectivity index (χ3v) is 2.28. The van der Waals surface area contributed by atoms with Crippen molar-refractivity contribution in [3.63, 3.8) is 0 Å². The van der Waals surface area contributed by atoms with Crippen LogP contribution in [0.3, 0.4) is 0 Å². The molecule has 0 saturated carbocycles. The second-order valence-corrected chi connectivity index (χ2v) is 3.53. The smallest absolute Gasteiger partial charge is 0.333 e. The first-order chi connectivity index (χ1) is 7.61. The Hall–Kier alpha value is -1.81. The van der Waals surface area contributed by atoms with Crippen LogP contribution in [0.4, 0.5) is 0 Å². The molecular weight excluding hydrogens is 232 g/mol. The Labute approximate surface area is 96.4 Å². The van der Waals surface area contributed by atoms with Crippen LogP contribution in [0.2, 0.25) is 5.02 Å². The number of ketones is 1. The van der Waals surface area contributed by atoms with Gasteiger partial charge in [-0.1, -0.05) is 18.2 Å². The molecule has 0 spiro atoms. The van der Waals surface area contributed by atoms with Crippen molar-refractivity contribution >= 4 is 23.4 Å². The van der Waals surface area contributed by atoms with Gasteiger partial charge in [-0.25, -0.2) is 4.79 Å². The van der Waals surface area contributed by atoms with E-state index in [4.69, 9.17) is 21.1 Å². The summed E-state index contributed by atoms with van der Waals surface area (Å²) in [6.45, 7) is 3.23. The number of hydrogen-bond donors (Lipinski definition) is 0. The molecule has 0 amide bonds. The highest BCUT2D eigenvalue weighted by molar-refractivity contribution is 6.31. The summed E-state index contributed by atoms with van der Waals surface area (Å²) in [5, 5.41) is 0.423. The molecule has 1 atom stereocenters. The molecule has 1 unspecified atom stereocenters. The summed E-state index contributed by atoms with van der Waals surface area (Å²) < 4.78 is 9.87. The van der Waals surface area contributed by atoms with Crippen LogP contribution >= 0.6 is 11.6 Å². The second kappa shape index (κ2) is 3.98. The maximum absolute atomic E-state index is 11.7. The Bertz CT molecular complexity index is 481. The summed E-state index contributed by atoms with van der Waals surface area (Å²) in [4.78, 5) is 22.6. The Morgan fingerprint density at radius 2 is 2.31 bits per heavy atom. The number of ether oxygens (including phenoxy) is 2. The first-order valence-corrected chi connectivity index (χ1v) is 4.83. The van der Waals surface area contributed by atoms with Crippen LogP contribution in [0.1, 0.15) is 10.4 Å². The number of hydrogen-bond acceptors (Lipinski definition) is 4. The normalized spacial score (nSPS) is 17.6. The maximum atomic E-state index is 11.7. The second-order valence-electron chi connectivity index (χ2n) is 3.10. The molecule has 0 saturated heterocycles. The van der Waals surface area contributed by atoms with Gasteiger partial charge in [-0.15, -0.1) is 0 Å². The summed E-state index contributed by atoms with van der Waals surface area (Å²) in [6.07, 6.45) is -0.272. The predicted octanol–water partition coefficient (Wildman–Crippen LogP) is 1.97. The first kappa shape index (κ1) is 10.7. The van der Waals surface area contributed by atoms with Crippen molar-refractivity contribution in [3.05, 3.63) is 41.4 Å². The average Bonchev–Trinajstić information content (AvgIpc) is 2.56. The quantitative estimate of drug-likeness (QED) is 0.584. The van der Waals surface area contributed by atoms with E-state index < -0.39 is 18.0 Å². The molecule has 1 aliphatic heterocycles. The number of carbonyl (C=O) groups is 2. The monoisotopic (exact) mass is 238 g/mol. The van der Waals surface area contributed by atoms with Crippen molar-refractivity contribution in [1.29, 1.82) is 0 Å². The summed E-state index contributed by atoms with van der Waals surface area (Å²) >= 11 is 5.74. The Kier molecular flexibility index (Phi) is 2.66. The van der Waals surface area contributed by atoms with Crippen molar-refractivity contribution in [2.24, 2.45) is 0 Å². The third-order valence-electron chi connectivity index (χ3n) is 2.05. The van der Waals surface area contributed by atoms with Gasteiger partial charge in [0.15, 0.2) is 0 Å². The van der Waals surface area contributed by atoms with Crippen molar-refractivity contribution in [2.75, 3.05) is 0 Å². The third kappa shape index (κ3) is 1.79. The molecule has 0 radical (unpaired) electrons. The van der Waals surface area contributed by atoms with E-state index in [-0.39, 0.29) is 0 Å². The van der Waals surface area contributed by atoms with Gasteiger partial charge in [0.05, 0.1) is 5.56 Å². The van der Waals surface area contributed by atoms with Crippen LogP contribution in [0.5, 0.6) is 5.75 Å². The molecule has 0 aliphatic carbocycles. The van der Waals surface area contributed by atoms with Gasteiger partial charge in [-0.05, 0) is 18.2 Å². The van der Waals surface area contributed by atoms with Gasteiger partial charge in [-0.2, -0.15) is 0 Å². The number of Topliss-reactive ketones (excluding diaryl/α,β-unsaturated/α-hetero) is 1. The van der Waals surface area contributed by atoms with E-state index in [1.54, 1.807) is 12.1 Å². The van der Waals surface area contributed by atoms with Gasteiger partial charge in [0, 0.05) is 11.1 Å². The minimum Gasteiger partial charge on any atom is -0.447 e. The number of carbonyl (C=O) groups excluding carboxylic acids is 2. The topological polar surface area (TPSA) is 52.6 Å². The van der Waals surface area contributed by atoms with E-state index in [2.05, 4.69) is 6.58 Å². The molecular formula is C11H7ClO4. The number of fused-ring (bicyclic) bond motifs is 1. The minimum absolute atomic E-state index is 0.314. The highest BCUT2D eigenvalue weighted by Gasteiger charge is 2.35. The standard InChI is InChI=1S/C11H7ClO4/c1-2-9(13)16-11-10(14)7-5-6(12)3-4-8(7)15-11/h2-5,11H,1H2. The van der Waals surface area contributed by atoms with E-state index in [1.165, 1.54) is 6.07 Å². The lowest BCUT2D eigenvalue weighted by atomic mass is 10.1. The first-order valence-electron chi connectivity index (χ1n) is 4.45. The zero-order valence-corrected chi connectivity index (χ0v) is 8.86. The van der Waals surface area contributed by atoms with Gasteiger partial charge in [0.25, 0.3) is 0 Å². The van der Waals surface area contributed by atoms with E-state index >= 15 is 0 Å². The van der Waals surface area contributed by atoms with Crippen LogP contribution < -0.4 is 4.74 Å². The number of halogens is 1. The fourth-order valence-electron chi connectivity index (χ4n) is 1.32. The summed E-state index contributed by atoms with van der Waals surface area (Å²) in [5.74, 6) is -0.777.